The first-order chi connectivity index (χ1) is 33.2. The molecule has 9 aromatic carbocycles. The van der Waals surface area contributed by atoms with Crippen LogP contribution in [-0.4, -0.2) is 0 Å². The van der Waals surface area contributed by atoms with E-state index in [4.69, 9.17) is 14.2 Å². The highest BCUT2D eigenvalue weighted by molar-refractivity contribution is 5.97. The van der Waals surface area contributed by atoms with E-state index in [0.717, 1.165) is 84.4 Å². The standard InChI is InChI=1S/C63H45NO3/c1-4-16-52-46(13-1)40-65-61-22-10-7-19-55(61)58(52)37-43-25-31-49(32-26-43)64(50-33-27-44(28-34-50)38-59-53-17-5-2-14-47(53)41-66-62-23-11-8-20-56(59)62)51-35-29-45(30-36-51)39-60-54-18-6-3-15-48(54)42-67-63-24-12-9-21-57(60)63/h1-39H,40-42H2/b58-37-,59-38-,60-39-. The number of anilines is 3. The Kier molecular flexibility index (Phi) is 10.4. The zero-order valence-corrected chi connectivity index (χ0v) is 36.8. The predicted molar refractivity (Wildman–Crippen MR) is 274 cm³/mol. The van der Waals surface area contributed by atoms with E-state index in [1.54, 1.807) is 0 Å². The molecule has 4 nitrogen and oxygen atoms in total. The zero-order chi connectivity index (χ0) is 44.5. The second kappa shape index (κ2) is 17.4. The van der Waals surface area contributed by atoms with Gasteiger partial charge in [-0.15, -0.1) is 0 Å². The van der Waals surface area contributed by atoms with Crippen molar-refractivity contribution in [2.75, 3.05) is 4.90 Å². The molecule has 3 heterocycles. The third kappa shape index (κ3) is 7.79. The lowest BCUT2D eigenvalue weighted by Gasteiger charge is -2.26. The van der Waals surface area contributed by atoms with Crippen LogP contribution >= 0.6 is 0 Å². The maximum Gasteiger partial charge on any atom is 0.127 e. The molecule has 0 fully saturated rings. The fourth-order valence-electron chi connectivity index (χ4n) is 9.65. The van der Waals surface area contributed by atoms with Crippen LogP contribution in [0.4, 0.5) is 17.1 Å². The van der Waals surface area contributed by atoms with Gasteiger partial charge in [-0.25, -0.2) is 0 Å². The normalized spacial score (nSPS) is 15.1. The molecule has 0 radical (unpaired) electrons. The third-order valence-electron chi connectivity index (χ3n) is 13.0. The highest BCUT2D eigenvalue weighted by atomic mass is 16.5. The van der Waals surface area contributed by atoms with Gasteiger partial charge in [0.15, 0.2) is 0 Å². The van der Waals surface area contributed by atoms with Crippen LogP contribution < -0.4 is 19.1 Å². The minimum absolute atomic E-state index is 0.536. The Morgan fingerprint density at radius 1 is 0.269 bits per heavy atom. The van der Waals surface area contributed by atoms with Crippen molar-refractivity contribution in [1.82, 2.24) is 0 Å². The number of ether oxygens (including phenoxy) is 3. The molecule has 0 aliphatic carbocycles. The van der Waals surface area contributed by atoms with Crippen molar-refractivity contribution < 1.29 is 14.2 Å². The third-order valence-corrected chi connectivity index (χ3v) is 13.0. The van der Waals surface area contributed by atoms with E-state index < -0.39 is 0 Å². The van der Waals surface area contributed by atoms with Gasteiger partial charge in [0, 0.05) is 33.8 Å². The molecule has 0 amide bonds. The second-order valence-electron chi connectivity index (χ2n) is 17.1. The molecule has 3 aliphatic rings. The molecule has 0 unspecified atom stereocenters. The summed E-state index contributed by atoms with van der Waals surface area (Å²) in [6.45, 7) is 1.61. The Bertz CT molecular complexity index is 2880. The molecule has 0 saturated heterocycles. The molecule has 0 bridgehead atoms. The molecule has 0 aromatic heterocycles. The summed E-state index contributed by atoms with van der Waals surface area (Å²) in [5.74, 6) is 2.69. The Morgan fingerprint density at radius 3 is 0.821 bits per heavy atom. The number of fused-ring (bicyclic) bond motifs is 6. The maximum atomic E-state index is 6.30. The van der Waals surface area contributed by atoms with E-state index in [9.17, 15) is 0 Å². The van der Waals surface area contributed by atoms with Gasteiger partial charge >= 0.3 is 0 Å². The molecule has 0 spiro atoms. The van der Waals surface area contributed by atoms with Crippen molar-refractivity contribution in [2.45, 2.75) is 19.8 Å². The molecule has 67 heavy (non-hydrogen) atoms. The van der Waals surface area contributed by atoms with Crippen molar-refractivity contribution in [3.8, 4) is 17.2 Å². The van der Waals surface area contributed by atoms with Crippen molar-refractivity contribution in [1.29, 1.82) is 0 Å². The van der Waals surface area contributed by atoms with Gasteiger partial charge in [0.1, 0.15) is 37.1 Å². The Morgan fingerprint density at radius 2 is 0.522 bits per heavy atom. The number of hydrogen-bond acceptors (Lipinski definition) is 4. The molecule has 12 rings (SSSR count). The fourth-order valence-corrected chi connectivity index (χ4v) is 9.65. The molecule has 0 saturated carbocycles. The van der Waals surface area contributed by atoms with Gasteiger partial charge in [-0.05, 0) is 140 Å². The Balaban J connectivity index is 0.942. The van der Waals surface area contributed by atoms with Gasteiger partial charge in [-0.2, -0.15) is 0 Å². The molecular formula is C63H45NO3. The minimum Gasteiger partial charge on any atom is -0.488 e. The lowest BCUT2D eigenvalue weighted by atomic mass is 9.92. The van der Waals surface area contributed by atoms with E-state index in [1.165, 1.54) is 33.4 Å². The first kappa shape index (κ1) is 40.0. The van der Waals surface area contributed by atoms with Gasteiger partial charge in [0.25, 0.3) is 0 Å². The van der Waals surface area contributed by atoms with Crippen LogP contribution in [0.25, 0.3) is 34.9 Å². The molecule has 0 N–H and O–H groups in total. The summed E-state index contributed by atoms with van der Waals surface area (Å²) < 4.78 is 18.9. The average Bonchev–Trinajstić information content (AvgIpc) is 3.73. The van der Waals surface area contributed by atoms with Crippen LogP contribution in [-0.2, 0) is 19.8 Å². The van der Waals surface area contributed by atoms with E-state index in [0.29, 0.717) is 19.8 Å². The van der Waals surface area contributed by atoms with E-state index in [2.05, 4.69) is 223 Å². The van der Waals surface area contributed by atoms with Crippen molar-refractivity contribution in [3.63, 3.8) is 0 Å². The Hall–Kier alpha value is -8.60. The van der Waals surface area contributed by atoms with Crippen LogP contribution in [0.1, 0.15) is 66.8 Å². The zero-order valence-electron chi connectivity index (χ0n) is 36.8. The van der Waals surface area contributed by atoms with E-state index in [1.807, 2.05) is 18.2 Å². The number of benzene rings is 9. The summed E-state index contributed by atoms with van der Waals surface area (Å²) >= 11 is 0. The lowest BCUT2D eigenvalue weighted by Crippen LogP contribution is -2.10. The largest absolute Gasteiger partial charge is 0.488 e. The van der Waals surface area contributed by atoms with E-state index in [-0.39, 0.29) is 0 Å². The van der Waals surface area contributed by atoms with Gasteiger partial charge in [0.05, 0.1) is 0 Å². The number of para-hydroxylation sites is 3. The summed E-state index contributed by atoms with van der Waals surface area (Å²) in [6, 6.07) is 77.3. The number of hydrogen-bond donors (Lipinski definition) is 0. The fraction of sp³-hybridized carbons (Fsp3) is 0.0476. The highest BCUT2D eigenvalue weighted by Crippen LogP contribution is 2.42. The summed E-state index contributed by atoms with van der Waals surface area (Å²) in [7, 11) is 0. The van der Waals surface area contributed by atoms with Gasteiger partial charge in [-0.3, -0.25) is 0 Å². The van der Waals surface area contributed by atoms with Crippen LogP contribution in [0.15, 0.2) is 218 Å². The first-order valence-electron chi connectivity index (χ1n) is 22.9. The smallest absolute Gasteiger partial charge is 0.127 e. The number of rotatable bonds is 6. The quantitative estimate of drug-likeness (QED) is 0.167. The summed E-state index contributed by atoms with van der Waals surface area (Å²) in [5, 5.41) is 0. The summed E-state index contributed by atoms with van der Waals surface area (Å²) in [6.07, 6.45) is 6.86. The molecule has 3 aliphatic heterocycles. The SMILES string of the molecule is C(=C1\c2ccccc2COc2ccccc21)/c1ccc(N(c2ccc(/C=C3/c4ccccc4COc4ccccc43)cc2)c2ccc(/C=C3/c4ccccc4COc4ccccc43)cc2)cc1. The number of nitrogens with zero attached hydrogens (tertiary/aromatic N) is 1. The van der Waals surface area contributed by atoms with Crippen LogP contribution in [0.5, 0.6) is 17.2 Å². The average molecular weight is 864 g/mol. The van der Waals surface area contributed by atoms with Crippen LogP contribution in [0.3, 0.4) is 0 Å². The van der Waals surface area contributed by atoms with Gasteiger partial charge < -0.3 is 19.1 Å². The summed E-state index contributed by atoms with van der Waals surface area (Å²) in [5.41, 5.74) is 20.3. The van der Waals surface area contributed by atoms with Crippen LogP contribution in [0.2, 0.25) is 0 Å². The lowest BCUT2D eigenvalue weighted by molar-refractivity contribution is 0.307. The van der Waals surface area contributed by atoms with Crippen LogP contribution in [0, 0.1) is 0 Å². The summed E-state index contributed by atoms with van der Waals surface area (Å²) in [4.78, 5) is 2.34. The van der Waals surface area contributed by atoms with Gasteiger partial charge in [-0.1, -0.05) is 164 Å². The monoisotopic (exact) mass is 863 g/mol. The molecular weight excluding hydrogens is 819 g/mol. The minimum atomic E-state index is 0.536. The molecule has 4 heteroatoms. The first-order valence-corrected chi connectivity index (χ1v) is 22.9. The van der Waals surface area contributed by atoms with Gasteiger partial charge in [0.2, 0.25) is 0 Å². The van der Waals surface area contributed by atoms with E-state index >= 15 is 0 Å². The molecule has 9 aromatic rings. The van der Waals surface area contributed by atoms with Crippen molar-refractivity contribution in [3.05, 3.63) is 285 Å². The Labute approximate surface area is 391 Å². The highest BCUT2D eigenvalue weighted by Gasteiger charge is 2.22. The predicted octanol–water partition coefficient (Wildman–Crippen LogP) is 15.6. The molecule has 0 atom stereocenters. The van der Waals surface area contributed by atoms with Crippen molar-refractivity contribution in [2.24, 2.45) is 0 Å². The topological polar surface area (TPSA) is 30.9 Å². The second-order valence-corrected chi connectivity index (χ2v) is 17.1. The van der Waals surface area contributed by atoms with Crippen molar-refractivity contribution >= 4 is 52.0 Å². The molecule has 320 valence electrons. The maximum absolute atomic E-state index is 6.30.